The van der Waals surface area contributed by atoms with E-state index in [1.165, 1.54) is 0 Å². The molecule has 0 aliphatic heterocycles. The first kappa shape index (κ1) is 11.8. The monoisotopic (exact) mass is 233 g/mol. The van der Waals surface area contributed by atoms with Gasteiger partial charge in [-0.2, -0.15) is 0 Å². The highest BCUT2D eigenvalue weighted by Gasteiger charge is 2.27. The van der Waals surface area contributed by atoms with E-state index in [9.17, 15) is 4.79 Å². The van der Waals surface area contributed by atoms with E-state index in [-0.39, 0.29) is 11.9 Å². The number of nitrogen functional groups attached to an aromatic ring is 1. The van der Waals surface area contributed by atoms with Crippen LogP contribution in [0.5, 0.6) is 0 Å². The van der Waals surface area contributed by atoms with Crippen LogP contribution in [0.15, 0.2) is 24.3 Å². The molecule has 3 N–H and O–H groups in total. The predicted molar refractivity (Wildman–Crippen MR) is 69.9 cm³/mol. The third-order valence-electron chi connectivity index (χ3n) is 3.18. The lowest BCUT2D eigenvalue weighted by Crippen LogP contribution is -2.44. The van der Waals surface area contributed by atoms with E-state index in [1.807, 2.05) is 43.1 Å². The summed E-state index contributed by atoms with van der Waals surface area (Å²) in [5, 5.41) is 3.01. The Bertz CT molecular complexity index is 398. The Balaban J connectivity index is 1.99. The molecule has 1 fully saturated rings. The normalized spacial score (nSPS) is 16.4. The molecule has 1 aromatic rings. The first-order chi connectivity index (χ1) is 8.08. The zero-order chi connectivity index (χ0) is 12.4. The molecule has 1 atom stereocenters. The van der Waals surface area contributed by atoms with Gasteiger partial charge in [-0.3, -0.25) is 4.79 Å². The second kappa shape index (κ2) is 4.65. The van der Waals surface area contributed by atoms with Gasteiger partial charge in [-0.15, -0.1) is 0 Å². The number of nitrogens with one attached hydrogen (secondary N) is 1. The molecule has 1 unspecified atom stereocenters. The van der Waals surface area contributed by atoms with Gasteiger partial charge in [0.2, 0.25) is 5.91 Å². The molecule has 0 bridgehead atoms. The minimum absolute atomic E-state index is 0.0897. The average Bonchev–Trinajstić information content (AvgIpc) is 3.12. The molecule has 1 aliphatic carbocycles. The standard InChI is InChI=1S/C13H19N3O/c1-9(13(17)15-11-5-6-11)16(2)12-7-3-10(14)4-8-12/h3-4,7-9,11H,5-6,14H2,1-2H3,(H,15,17). The zero-order valence-electron chi connectivity index (χ0n) is 10.3. The highest BCUT2D eigenvalue weighted by atomic mass is 16.2. The number of carbonyl (C=O) groups excluding carboxylic acids is 1. The maximum atomic E-state index is 11.9. The summed E-state index contributed by atoms with van der Waals surface area (Å²) in [5.74, 6) is 0.0897. The van der Waals surface area contributed by atoms with Gasteiger partial charge >= 0.3 is 0 Å². The molecule has 1 saturated carbocycles. The molecule has 4 heteroatoms. The number of hydrogen-bond donors (Lipinski definition) is 2. The molecule has 0 heterocycles. The van der Waals surface area contributed by atoms with Crippen LogP contribution >= 0.6 is 0 Å². The van der Waals surface area contributed by atoms with Gasteiger partial charge < -0.3 is 16.0 Å². The Morgan fingerprint density at radius 2 is 2.00 bits per heavy atom. The first-order valence-electron chi connectivity index (χ1n) is 5.96. The van der Waals surface area contributed by atoms with Crippen molar-refractivity contribution in [2.75, 3.05) is 17.7 Å². The van der Waals surface area contributed by atoms with E-state index in [0.717, 1.165) is 24.2 Å². The Morgan fingerprint density at radius 1 is 1.41 bits per heavy atom. The first-order valence-corrected chi connectivity index (χ1v) is 5.96. The molecule has 0 radical (unpaired) electrons. The van der Waals surface area contributed by atoms with Crippen LogP contribution in [0.3, 0.4) is 0 Å². The van der Waals surface area contributed by atoms with E-state index in [0.29, 0.717) is 6.04 Å². The lowest BCUT2D eigenvalue weighted by Gasteiger charge is -2.26. The molecule has 0 aromatic heterocycles. The van der Waals surface area contributed by atoms with Crippen LogP contribution in [0.25, 0.3) is 0 Å². The molecule has 2 rings (SSSR count). The molecule has 1 aromatic carbocycles. The summed E-state index contributed by atoms with van der Waals surface area (Å²) in [7, 11) is 1.92. The van der Waals surface area contributed by atoms with Crippen molar-refractivity contribution in [2.24, 2.45) is 0 Å². The number of anilines is 2. The predicted octanol–water partition coefficient (Wildman–Crippen LogP) is 1.37. The van der Waals surface area contributed by atoms with Crippen molar-refractivity contribution in [2.45, 2.75) is 31.8 Å². The number of likely N-dealkylation sites (N-methyl/N-ethyl adjacent to an activating group) is 1. The number of benzene rings is 1. The van der Waals surface area contributed by atoms with Gasteiger partial charge in [0.05, 0.1) is 0 Å². The third-order valence-corrected chi connectivity index (χ3v) is 3.18. The highest BCUT2D eigenvalue weighted by molar-refractivity contribution is 5.85. The number of carbonyl (C=O) groups is 1. The highest BCUT2D eigenvalue weighted by Crippen LogP contribution is 2.20. The van der Waals surface area contributed by atoms with Crippen molar-refractivity contribution >= 4 is 17.3 Å². The summed E-state index contributed by atoms with van der Waals surface area (Å²) in [5.41, 5.74) is 7.37. The summed E-state index contributed by atoms with van der Waals surface area (Å²) < 4.78 is 0. The van der Waals surface area contributed by atoms with E-state index >= 15 is 0 Å². The summed E-state index contributed by atoms with van der Waals surface area (Å²) in [6.07, 6.45) is 2.23. The van der Waals surface area contributed by atoms with Crippen molar-refractivity contribution in [1.82, 2.24) is 5.32 Å². The second-order valence-electron chi connectivity index (χ2n) is 4.66. The number of rotatable bonds is 4. The Labute approximate surface area is 102 Å². The van der Waals surface area contributed by atoms with Crippen LogP contribution in [0.4, 0.5) is 11.4 Å². The largest absolute Gasteiger partial charge is 0.399 e. The van der Waals surface area contributed by atoms with Crippen molar-refractivity contribution in [1.29, 1.82) is 0 Å². The quantitative estimate of drug-likeness (QED) is 0.772. The van der Waals surface area contributed by atoms with Gasteiger partial charge in [0.15, 0.2) is 0 Å². The number of nitrogens with zero attached hydrogens (tertiary/aromatic N) is 1. The van der Waals surface area contributed by atoms with Crippen molar-refractivity contribution < 1.29 is 4.79 Å². The maximum Gasteiger partial charge on any atom is 0.242 e. The molecule has 0 spiro atoms. The third kappa shape index (κ3) is 2.90. The molecule has 1 amide bonds. The Hall–Kier alpha value is -1.71. The van der Waals surface area contributed by atoms with E-state index < -0.39 is 0 Å². The minimum atomic E-state index is -0.167. The topological polar surface area (TPSA) is 58.4 Å². The maximum absolute atomic E-state index is 11.9. The van der Waals surface area contributed by atoms with E-state index in [2.05, 4.69) is 5.32 Å². The van der Waals surface area contributed by atoms with Crippen LogP contribution in [-0.4, -0.2) is 25.0 Å². The van der Waals surface area contributed by atoms with Gasteiger partial charge in [-0.1, -0.05) is 0 Å². The van der Waals surface area contributed by atoms with E-state index in [1.54, 1.807) is 0 Å². The minimum Gasteiger partial charge on any atom is -0.399 e. The van der Waals surface area contributed by atoms with Crippen LogP contribution in [0, 0.1) is 0 Å². The zero-order valence-corrected chi connectivity index (χ0v) is 10.3. The number of amides is 1. The van der Waals surface area contributed by atoms with Crippen LogP contribution < -0.4 is 16.0 Å². The molecule has 92 valence electrons. The summed E-state index contributed by atoms with van der Waals surface area (Å²) >= 11 is 0. The fraction of sp³-hybridized carbons (Fsp3) is 0.462. The van der Waals surface area contributed by atoms with Gasteiger partial charge in [0, 0.05) is 24.5 Å². The summed E-state index contributed by atoms with van der Waals surface area (Å²) in [6.45, 7) is 1.91. The van der Waals surface area contributed by atoms with Gasteiger partial charge in [0.25, 0.3) is 0 Å². The SMILES string of the molecule is CC(C(=O)NC1CC1)N(C)c1ccc(N)cc1. The molecule has 1 aliphatic rings. The van der Waals surface area contributed by atoms with Crippen LogP contribution in [0.1, 0.15) is 19.8 Å². The Kier molecular flexibility index (Phi) is 3.22. The summed E-state index contributed by atoms with van der Waals surface area (Å²) in [6, 6.07) is 7.78. The van der Waals surface area contributed by atoms with Crippen molar-refractivity contribution in [3.63, 3.8) is 0 Å². The smallest absolute Gasteiger partial charge is 0.242 e. The van der Waals surface area contributed by atoms with Crippen molar-refractivity contribution in [3.05, 3.63) is 24.3 Å². The van der Waals surface area contributed by atoms with E-state index in [4.69, 9.17) is 5.73 Å². The van der Waals surface area contributed by atoms with Crippen LogP contribution in [0.2, 0.25) is 0 Å². The second-order valence-corrected chi connectivity index (χ2v) is 4.66. The fourth-order valence-corrected chi connectivity index (χ4v) is 1.66. The molecule has 4 nitrogen and oxygen atoms in total. The lowest BCUT2D eigenvalue weighted by atomic mass is 10.2. The molecular weight excluding hydrogens is 214 g/mol. The molecule has 0 saturated heterocycles. The summed E-state index contributed by atoms with van der Waals surface area (Å²) in [4.78, 5) is 13.9. The molecular formula is C13H19N3O. The Morgan fingerprint density at radius 3 is 2.53 bits per heavy atom. The van der Waals surface area contributed by atoms with Gasteiger partial charge in [-0.05, 0) is 44.0 Å². The van der Waals surface area contributed by atoms with Gasteiger partial charge in [0.1, 0.15) is 6.04 Å². The van der Waals surface area contributed by atoms with Crippen molar-refractivity contribution in [3.8, 4) is 0 Å². The number of nitrogens with two attached hydrogens (primary N) is 1. The van der Waals surface area contributed by atoms with Crippen LogP contribution in [-0.2, 0) is 4.79 Å². The van der Waals surface area contributed by atoms with Gasteiger partial charge in [-0.25, -0.2) is 0 Å². The fourth-order valence-electron chi connectivity index (χ4n) is 1.66. The average molecular weight is 233 g/mol. The molecule has 17 heavy (non-hydrogen) atoms. The number of hydrogen-bond acceptors (Lipinski definition) is 3. The lowest BCUT2D eigenvalue weighted by molar-refractivity contribution is -0.122.